The van der Waals surface area contributed by atoms with E-state index in [0.717, 1.165) is 43.9 Å². The predicted octanol–water partition coefficient (Wildman–Crippen LogP) is 4.08. The summed E-state index contributed by atoms with van der Waals surface area (Å²) in [4.78, 5) is 0. The molecule has 1 N–H and O–H groups in total. The molecule has 0 bridgehead atoms. The van der Waals surface area contributed by atoms with Crippen LogP contribution in [0.3, 0.4) is 0 Å². The summed E-state index contributed by atoms with van der Waals surface area (Å²) in [5.74, 6) is 0. The lowest BCUT2D eigenvalue weighted by Gasteiger charge is -2.30. The van der Waals surface area contributed by atoms with Crippen LogP contribution in [0.1, 0.15) is 43.7 Å². The Morgan fingerprint density at radius 1 is 1.17 bits per heavy atom. The molecule has 100 valence electrons. The smallest absolute Gasteiger partial charge is 0.308 e. The molecule has 4 heteroatoms. The number of halogens is 3. The third kappa shape index (κ3) is 2.86. The molecule has 2 rings (SSSR count). The number of hydrogen-bond donors (Lipinski definition) is 1. The monoisotopic (exact) mass is 257 g/mol. The average molecular weight is 257 g/mol. The average Bonchev–Trinajstić information content (AvgIpc) is 2.54. The molecule has 1 saturated heterocycles. The van der Waals surface area contributed by atoms with E-state index in [1.807, 2.05) is 6.92 Å². The van der Waals surface area contributed by atoms with Gasteiger partial charge in [0.25, 0.3) is 0 Å². The molecule has 18 heavy (non-hydrogen) atoms. The van der Waals surface area contributed by atoms with Crippen LogP contribution in [0.2, 0.25) is 0 Å². The first-order chi connectivity index (χ1) is 8.42. The normalized spacial score (nSPS) is 25.8. The second-order valence-corrected chi connectivity index (χ2v) is 5.15. The maximum Gasteiger partial charge on any atom is 0.416 e. The van der Waals surface area contributed by atoms with Crippen LogP contribution in [-0.2, 0) is 11.7 Å². The minimum atomic E-state index is -4.27. The first-order valence-corrected chi connectivity index (χ1v) is 6.35. The zero-order valence-electron chi connectivity index (χ0n) is 10.5. The van der Waals surface area contributed by atoms with Gasteiger partial charge in [-0.2, -0.15) is 13.2 Å². The van der Waals surface area contributed by atoms with E-state index in [0.29, 0.717) is 0 Å². The van der Waals surface area contributed by atoms with Gasteiger partial charge in [-0.25, -0.2) is 0 Å². The van der Waals surface area contributed by atoms with Crippen LogP contribution >= 0.6 is 0 Å². The fourth-order valence-electron chi connectivity index (χ4n) is 2.52. The lowest BCUT2D eigenvalue weighted by atomic mass is 9.86. The Kier molecular flexibility index (Phi) is 3.66. The van der Waals surface area contributed by atoms with Crippen molar-refractivity contribution in [1.29, 1.82) is 0 Å². The molecular formula is C14H18F3N. The molecule has 0 spiro atoms. The van der Waals surface area contributed by atoms with E-state index < -0.39 is 11.7 Å². The molecule has 0 aromatic heterocycles. The molecule has 1 aromatic rings. The molecule has 1 aliphatic rings. The summed E-state index contributed by atoms with van der Waals surface area (Å²) in [6.45, 7) is 2.86. The number of hydrogen-bond acceptors (Lipinski definition) is 1. The van der Waals surface area contributed by atoms with Gasteiger partial charge in [-0.05, 0) is 44.0 Å². The van der Waals surface area contributed by atoms with E-state index in [-0.39, 0.29) is 5.54 Å². The lowest BCUT2D eigenvalue weighted by Crippen LogP contribution is -2.38. The fraction of sp³-hybridized carbons (Fsp3) is 0.571. The minimum Gasteiger partial charge on any atom is -0.308 e. The highest BCUT2D eigenvalue weighted by molar-refractivity contribution is 5.31. The first-order valence-electron chi connectivity index (χ1n) is 6.35. The van der Waals surface area contributed by atoms with Gasteiger partial charge >= 0.3 is 6.18 Å². The van der Waals surface area contributed by atoms with Crippen LogP contribution < -0.4 is 5.32 Å². The van der Waals surface area contributed by atoms with Gasteiger partial charge in [0.15, 0.2) is 0 Å². The van der Waals surface area contributed by atoms with E-state index >= 15 is 0 Å². The topological polar surface area (TPSA) is 12.0 Å². The quantitative estimate of drug-likeness (QED) is 0.799. The van der Waals surface area contributed by atoms with Crippen molar-refractivity contribution in [3.63, 3.8) is 0 Å². The van der Waals surface area contributed by atoms with E-state index in [1.165, 1.54) is 12.1 Å². The first kappa shape index (κ1) is 13.4. The van der Waals surface area contributed by atoms with Crippen molar-refractivity contribution in [1.82, 2.24) is 5.32 Å². The van der Waals surface area contributed by atoms with Crippen LogP contribution in [0.25, 0.3) is 0 Å². The number of rotatable bonds is 1. The molecule has 0 saturated carbocycles. The maximum absolute atomic E-state index is 12.7. The minimum absolute atomic E-state index is 0.336. The van der Waals surface area contributed by atoms with Gasteiger partial charge in [0.1, 0.15) is 0 Å². The molecule has 1 unspecified atom stereocenters. The Morgan fingerprint density at radius 3 is 2.67 bits per heavy atom. The van der Waals surface area contributed by atoms with Crippen molar-refractivity contribution < 1.29 is 13.2 Å². The van der Waals surface area contributed by atoms with Crippen LogP contribution in [-0.4, -0.2) is 6.54 Å². The molecule has 0 radical (unpaired) electrons. The summed E-state index contributed by atoms with van der Waals surface area (Å²) in [6, 6.07) is 5.69. The van der Waals surface area contributed by atoms with Crippen LogP contribution in [0.5, 0.6) is 0 Å². The molecule has 1 atom stereocenters. The lowest BCUT2D eigenvalue weighted by molar-refractivity contribution is -0.137. The molecule has 0 aliphatic carbocycles. The van der Waals surface area contributed by atoms with Gasteiger partial charge in [0.2, 0.25) is 0 Å². The SMILES string of the molecule is CC1(c2cccc(C(F)(F)F)c2)CCCCCN1. The second kappa shape index (κ2) is 4.92. The van der Waals surface area contributed by atoms with Gasteiger partial charge in [0, 0.05) is 5.54 Å². The van der Waals surface area contributed by atoms with E-state index in [2.05, 4.69) is 5.32 Å². The second-order valence-electron chi connectivity index (χ2n) is 5.15. The maximum atomic E-state index is 12.7. The fourth-order valence-corrected chi connectivity index (χ4v) is 2.52. The van der Waals surface area contributed by atoms with Crippen molar-refractivity contribution in [2.75, 3.05) is 6.54 Å². The molecule has 1 fully saturated rings. The highest BCUT2D eigenvalue weighted by atomic mass is 19.4. The van der Waals surface area contributed by atoms with Crippen LogP contribution in [0.4, 0.5) is 13.2 Å². The molecular weight excluding hydrogens is 239 g/mol. The Labute approximate surface area is 105 Å². The molecule has 1 nitrogen and oxygen atoms in total. The summed E-state index contributed by atoms with van der Waals surface area (Å²) >= 11 is 0. The predicted molar refractivity (Wildman–Crippen MR) is 65.3 cm³/mol. The third-order valence-corrected chi connectivity index (χ3v) is 3.70. The van der Waals surface area contributed by atoms with E-state index in [9.17, 15) is 13.2 Å². The summed E-state index contributed by atoms with van der Waals surface area (Å²) in [7, 11) is 0. The van der Waals surface area contributed by atoms with E-state index in [4.69, 9.17) is 0 Å². The molecule has 0 amide bonds. The summed E-state index contributed by atoms with van der Waals surface area (Å²) < 4.78 is 38.2. The zero-order chi connectivity index (χ0) is 13.2. The van der Waals surface area contributed by atoms with Crippen molar-refractivity contribution in [3.8, 4) is 0 Å². The van der Waals surface area contributed by atoms with Crippen molar-refractivity contribution in [3.05, 3.63) is 35.4 Å². The number of alkyl halides is 3. The van der Waals surface area contributed by atoms with E-state index in [1.54, 1.807) is 6.07 Å². The van der Waals surface area contributed by atoms with Gasteiger partial charge in [-0.1, -0.05) is 25.0 Å². The van der Waals surface area contributed by atoms with Crippen molar-refractivity contribution >= 4 is 0 Å². The highest BCUT2D eigenvalue weighted by Crippen LogP contribution is 2.34. The number of benzene rings is 1. The van der Waals surface area contributed by atoms with Crippen molar-refractivity contribution in [2.24, 2.45) is 0 Å². The Balaban J connectivity index is 2.32. The number of nitrogens with one attached hydrogen (secondary N) is 1. The Bertz CT molecular complexity index is 404. The van der Waals surface area contributed by atoms with Crippen molar-refractivity contribution in [2.45, 2.75) is 44.3 Å². The Morgan fingerprint density at radius 2 is 1.94 bits per heavy atom. The Hall–Kier alpha value is -1.03. The highest BCUT2D eigenvalue weighted by Gasteiger charge is 2.33. The molecule has 1 aliphatic heterocycles. The zero-order valence-corrected chi connectivity index (χ0v) is 10.5. The largest absolute Gasteiger partial charge is 0.416 e. The van der Waals surface area contributed by atoms with Gasteiger partial charge < -0.3 is 5.32 Å². The van der Waals surface area contributed by atoms with Gasteiger partial charge in [0.05, 0.1) is 5.56 Å². The third-order valence-electron chi connectivity index (χ3n) is 3.70. The van der Waals surface area contributed by atoms with Crippen LogP contribution in [0.15, 0.2) is 24.3 Å². The summed E-state index contributed by atoms with van der Waals surface area (Å²) in [6.07, 6.45) is -0.0960. The van der Waals surface area contributed by atoms with Crippen LogP contribution in [0, 0.1) is 0 Å². The summed E-state index contributed by atoms with van der Waals surface area (Å²) in [5, 5.41) is 3.39. The van der Waals surface area contributed by atoms with Gasteiger partial charge in [-0.3, -0.25) is 0 Å². The molecule has 1 heterocycles. The summed E-state index contributed by atoms with van der Waals surface area (Å²) in [5.41, 5.74) is -0.163. The molecule has 1 aromatic carbocycles. The standard InChI is InChI=1S/C14H18F3N/c1-13(8-3-2-4-9-18-13)11-6-5-7-12(10-11)14(15,16)17/h5-7,10,18H,2-4,8-9H2,1H3. The van der Waals surface area contributed by atoms with Gasteiger partial charge in [-0.15, -0.1) is 0 Å².